The zero-order valence-corrected chi connectivity index (χ0v) is 16.5. The lowest BCUT2D eigenvalue weighted by Gasteiger charge is -2.30. The molecule has 2 rings (SSSR count). The van der Waals surface area contributed by atoms with Crippen molar-refractivity contribution in [2.24, 2.45) is 5.92 Å². The molecular weight excluding hydrogens is 336 g/mol. The highest BCUT2D eigenvalue weighted by Gasteiger charge is 2.32. The molecule has 0 aliphatic carbocycles. The smallest absolute Gasteiger partial charge is 0.243 e. The maximum Gasteiger partial charge on any atom is 0.243 e. The number of amides is 1. The van der Waals surface area contributed by atoms with Crippen molar-refractivity contribution in [2.75, 3.05) is 19.6 Å². The van der Waals surface area contributed by atoms with Crippen LogP contribution >= 0.6 is 0 Å². The molecule has 5 nitrogen and oxygen atoms in total. The number of nitrogens with zero attached hydrogens (tertiary/aromatic N) is 1. The van der Waals surface area contributed by atoms with Gasteiger partial charge in [0, 0.05) is 25.6 Å². The SMILES string of the molecule is CCCNC(=O)C1CCN(S(=O)(=O)c2ccc(C(C)(C)C)cc2)CC1. The maximum atomic E-state index is 12.8. The molecule has 1 aliphatic rings. The van der Waals surface area contributed by atoms with E-state index >= 15 is 0 Å². The van der Waals surface area contributed by atoms with Crippen LogP contribution in [0.25, 0.3) is 0 Å². The first kappa shape index (κ1) is 19.9. The van der Waals surface area contributed by atoms with Gasteiger partial charge >= 0.3 is 0 Å². The molecule has 1 saturated heterocycles. The lowest BCUT2D eigenvalue weighted by Crippen LogP contribution is -2.43. The Morgan fingerprint density at radius 3 is 2.20 bits per heavy atom. The van der Waals surface area contributed by atoms with Crippen molar-refractivity contribution >= 4 is 15.9 Å². The van der Waals surface area contributed by atoms with E-state index in [0.717, 1.165) is 12.0 Å². The Morgan fingerprint density at radius 2 is 1.72 bits per heavy atom. The third-order valence-corrected chi connectivity index (χ3v) is 6.64. The van der Waals surface area contributed by atoms with Gasteiger partial charge in [-0.15, -0.1) is 0 Å². The zero-order chi connectivity index (χ0) is 18.7. The standard InChI is InChI=1S/C19H30N2O3S/c1-5-12-20-18(22)15-10-13-21(14-11-15)25(23,24)17-8-6-16(7-9-17)19(2,3)4/h6-9,15H,5,10-14H2,1-4H3,(H,20,22). The summed E-state index contributed by atoms with van der Waals surface area (Å²) in [6.07, 6.45) is 2.06. The van der Waals surface area contributed by atoms with E-state index in [-0.39, 0.29) is 17.2 Å². The number of nitrogens with one attached hydrogen (secondary N) is 1. The number of carbonyl (C=O) groups excluding carboxylic acids is 1. The summed E-state index contributed by atoms with van der Waals surface area (Å²) in [5.74, 6) is -0.0327. The van der Waals surface area contributed by atoms with E-state index in [2.05, 4.69) is 26.1 Å². The van der Waals surface area contributed by atoms with Crippen molar-refractivity contribution < 1.29 is 13.2 Å². The van der Waals surface area contributed by atoms with Gasteiger partial charge in [0.25, 0.3) is 0 Å². The Kier molecular flexibility index (Phi) is 6.27. The van der Waals surface area contributed by atoms with Gasteiger partial charge in [-0.1, -0.05) is 39.8 Å². The highest BCUT2D eigenvalue weighted by atomic mass is 32.2. The number of benzene rings is 1. The van der Waals surface area contributed by atoms with Crippen molar-refractivity contribution in [3.63, 3.8) is 0 Å². The molecule has 1 amide bonds. The van der Waals surface area contributed by atoms with Gasteiger partial charge in [-0.3, -0.25) is 4.79 Å². The van der Waals surface area contributed by atoms with Crippen molar-refractivity contribution in [3.8, 4) is 0 Å². The van der Waals surface area contributed by atoms with E-state index < -0.39 is 10.0 Å². The Labute approximate surface area is 151 Å². The van der Waals surface area contributed by atoms with Crippen molar-refractivity contribution in [1.29, 1.82) is 0 Å². The molecule has 1 aromatic rings. The monoisotopic (exact) mass is 366 g/mol. The van der Waals surface area contributed by atoms with Crippen LogP contribution in [-0.4, -0.2) is 38.3 Å². The Balaban J connectivity index is 2.03. The summed E-state index contributed by atoms with van der Waals surface area (Å²) in [6, 6.07) is 7.15. The molecule has 0 saturated carbocycles. The van der Waals surface area contributed by atoms with Crippen LogP contribution in [0.4, 0.5) is 0 Å². The van der Waals surface area contributed by atoms with E-state index in [1.165, 1.54) is 4.31 Å². The van der Waals surface area contributed by atoms with Crippen molar-refractivity contribution in [1.82, 2.24) is 9.62 Å². The highest BCUT2D eigenvalue weighted by molar-refractivity contribution is 7.89. The number of rotatable bonds is 5. The first-order chi connectivity index (χ1) is 11.7. The molecule has 0 aromatic heterocycles. The second-order valence-corrected chi connectivity index (χ2v) is 9.68. The molecule has 0 unspecified atom stereocenters. The summed E-state index contributed by atoms with van der Waals surface area (Å²) in [5, 5.41) is 2.90. The predicted octanol–water partition coefficient (Wildman–Crippen LogP) is 2.91. The van der Waals surface area contributed by atoms with Gasteiger partial charge in [0.15, 0.2) is 0 Å². The van der Waals surface area contributed by atoms with Crippen LogP contribution in [0.1, 0.15) is 52.5 Å². The second-order valence-electron chi connectivity index (χ2n) is 7.74. The minimum absolute atomic E-state index is 0.00745. The zero-order valence-electron chi connectivity index (χ0n) is 15.7. The summed E-state index contributed by atoms with van der Waals surface area (Å²) < 4.78 is 27.1. The average Bonchev–Trinajstić information content (AvgIpc) is 2.59. The Bertz CT molecular complexity index is 682. The largest absolute Gasteiger partial charge is 0.356 e. The van der Waals surface area contributed by atoms with Crippen molar-refractivity contribution in [2.45, 2.75) is 57.3 Å². The summed E-state index contributed by atoms with van der Waals surface area (Å²) >= 11 is 0. The van der Waals surface area contributed by atoms with E-state index in [0.29, 0.717) is 37.4 Å². The third kappa shape index (κ3) is 4.82. The molecule has 25 heavy (non-hydrogen) atoms. The first-order valence-corrected chi connectivity index (χ1v) is 10.5. The van der Waals surface area contributed by atoms with Crippen LogP contribution < -0.4 is 5.32 Å². The fourth-order valence-corrected chi connectivity index (χ4v) is 4.50. The van der Waals surface area contributed by atoms with Crippen LogP contribution in [-0.2, 0) is 20.2 Å². The molecule has 1 fully saturated rings. The maximum absolute atomic E-state index is 12.8. The van der Waals surface area contributed by atoms with E-state index in [1.54, 1.807) is 12.1 Å². The summed E-state index contributed by atoms with van der Waals surface area (Å²) in [6.45, 7) is 9.79. The quantitative estimate of drug-likeness (QED) is 0.871. The van der Waals surface area contributed by atoms with Gasteiger partial charge < -0.3 is 5.32 Å². The third-order valence-electron chi connectivity index (χ3n) is 4.73. The lowest BCUT2D eigenvalue weighted by molar-refractivity contribution is -0.126. The molecule has 1 N–H and O–H groups in total. The molecule has 1 aliphatic heterocycles. The van der Waals surface area contributed by atoms with E-state index in [9.17, 15) is 13.2 Å². The van der Waals surface area contributed by atoms with Crippen LogP contribution in [0, 0.1) is 5.92 Å². The molecular formula is C19H30N2O3S. The van der Waals surface area contributed by atoms with Gasteiger partial charge in [-0.2, -0.15) is 4.31 Å². The van der Waals surface area contributed by atoms with Gasteiger partial charge in [0.1, 0.15) is 0 Å². The van der Waals surface area contributed by atoms with E-state index in [4.69, 9.17) is 0 Å². The van der Waals surface area contributed by atoms with Gasteiger partial charge in [-0.25, -0.2) is 8.42 Å². The number of sulfonamides is 1. The lowest BCUT2D eigenvalue weighted by atomic mass is 9.87. The number of hydrogen-bond donors (Lipinski definition) is 1. The fourth-order valence-electron chi connectivity index (χ4n) is 3.03. The number of piperidine rings is 1. The molecule has 6 heteroatoms. The minimum Gasteiger partial charge on any atom is -0.356 e. The predicted molar refractivity (Wildman–Crippen MR) is 99.9 cm³/mol. The second kappa shape index (κ2) is 7.87. The van der Waals surface area contributed by atoms with Gasteiger partial charge in [0.05, 0.1) is 4.90 Å². The molecule has 0 atom stereocenters. The number of hydrogen-bond acceptors (Lipinski definition) is 3. The van der Waals surface area contributed by atoms with Crippen LogP contribution in [0.5, 0.6) is 0 Å². The van der Waals surface area contributed by atoms with Gasteiger partial charge in [0.2, 0.25) is 15.9 Å². The van der Waals surface area contributed by atoms with Gasteiger partial charge in [-0.05, 0) is 42.4 Å². The minimum atomic E-state index is -3.49. The molecule has 1 aromatic carbocycles. The normalized spacial score (nSPS) is 17.4. The fraction of sp³-hybridized carbons (Fsp3) is 0.632. The van der Waals surface area contributed by atoms with E-state index in [1.807, 2.05) is 19.1 Å². The molecule has 0 radical (unpaired) electrons. The molecule has 0 spiro atoms. The molecule has 0 bridgehead atoms. The summed E-state index contributed by atoms with van der Waals surface area (Å²) in [5.41, 5.74) is 1.10. The van der Waals surface area contributed by atoms with Crippen molar-refractivity contribution in [3.05, 3.63) is 29.8 Å². The number of carbonyl (C=O) groups is 1. The average molecular weight is 367 g/mol. The molecule has 140 valence electrons. The molecule has 1 heterocycles. The summed E-state index contributed by atoms with van der Waals surface area (Å²) in [4.78, 5) is 12.4. The topological polar surface area (TPSA) is 66.5 Å². The highest BCUT2D eigenvalue weighted by Crippen LogP contribution is 2.27. The summed E-state index contributed by atoms with van der Waals surface area (Å²) in [7, 11) is -3.49. The van der Waals surface area contributed by atoms with Crippen LogP contribution in [0.15, 0.2) is 29.2 Å². The Hall–Kier alpha value is -1.40. The first-order valence-electron chi connectivity index (χ1n) is 9.04. The Morgan fingerprint density at radius 1 is 1.16 bits per heavy atom. The van der Waals surface area contributed by atoms with Crippen LogP contribution in [0.3, 0.4) is 0 Å². The van der Waals surface area contributed by atoms with Crippen LogP contribution in [0.2, 0.25) is 0 Å².